The number of nitrogens with one attached hydrogen (secondary N) is 1. The van der Waals surface area contributed by atoms with Crippen LogP contribution in [0.1, 0.15) is 28.6 Å². The van der Waals surface area contributed by atoms with Gasteiger partial charge in [0.05, 0.1) is 0 Å². The summed E-state index contributed by atoms with van der Waals surface area (Å²) in [5, 5.41) is 13.7. The van der Waals surface area contributed by atoms with Gasteiger partial charge in [0, 0.05) is 32.6 Å². The lowest BCUT2D eigenvalue weighted by atomic mass is 10.2. The van der Waals surface area contributed by atoms with Crippen molar-refractivity contribution in [3.8, 4) is 0 Å². The van der Waals surface area contributed by atoms with E-state index < -0.39 is 5.97 Å². The maximum Gasteiger partial charge on any atom is 0.346 e. The van der Waals surface area contributed by atoms with E-state index in [1.807, 2.05) is 6.07 Å². The third-order valence-electron chi connectivity index (χ3n) is 3.01. The van der Waals surface area contributed by atoms with Crippen LogP contribution in [-0.2, 0) is 11.3 Å². The number of amides is 1. The van der Waals surface area contributed by atoms with Crippen molar-refractivity contribution in [3.63, 3.8) is 0 Å². The Morgan fingerprint density at radius 3 is 3.06 bits per heavy atom. The van der Waals surface area contributed by atoms with E-state index in [0.717, 1.165) is 25.1 Å². The molecule has 0 aliphatic carbocycles. The fourth-order valence-corrected chi connectivity index (χ4v) is 3.02. The molecule has 1 aromatic rings. The summed E-state index contributed by atoms with van der Waals surface area (Å²) in [5.41, 5.74) is 0.857. The number of carbonyl (C=O) groups is 2. The quantitative estimate of drug-likeness (QED) is 0.859. The summed E-state index contributed by atoms with van der Waals surface area (Å²) in [5.74, 6) is -0.874. The van der Waals surface area contributed by atoms with Gasteiger partial charge in [0.15, 0.2) is 0 Å². The summed E-state index contributed by atoms with van der Waals surface area (Å²) >= 11 is 1.26. The topological polar surface area (TPSA) is 69.6 Å². The molecule has 0 bridgehead atoms. The molecule has 0 aromatic carbocycles. The van der Waals surface area contributed by atoms with Gasteiger partial charge in [-0.2, -0.15) is 0 Å². The van der Waals surface area contributed by atoms with E-state index in [2.05, 4.69) is 10.2 Å². The number of carbonyl (C=O) groups excluding carboxylic acids is 1. The lowest BCUT2D eigenvalue weighted by Gasteiger charge is -2.16. The van der Waals surface area contributed by atoms with Gasteiger partial charge in [-0.05, 0) is 23.4 Å². The Bertz CT molecular complexity index is 458. The van der Waals surface area contributed by atoms with Crippen molar-refractivity contribution < 1.29 is 14.7 Å². The van der Waals surface area contributed by atoms with Crippen LogP contribution >= 0.6 is 11.3 Å². The number of nitrogens with zero attached hydrogens (tertiary/aromatic N) is 1. The predicted molar refractivity (Wildman–Crippen MR) is 68.8 cm³/mol. The molecule has 6 heteroatoms. The maximum absolute atomic E-state index is 11.0. The number of carboxylic acid groups (broad SMARTS) is 1. The number of likely N-dealkylation sites (tertiary alicyclic amines) is 1. The minimum absolute atomic E-state index is 0.0105. The minimum Gasteiger partial charge on any atom is -0.477 e. The first-order valence-electron chi connectivity index (χ1n) is 5.85. The van der Waals surface area contributed by atoms with Gasteiger partial charge in [-0.25, -0.2) is 4.79 Å². The van der Waals surface area contributed by atoms with Gasteiger partial charge in [0.2, 0.25) is 5.91 Å². The van der Waals surface area contributed by atoms with E-state index in [1.165, 1.54) is 18.3 Å². The standard InChI is InChI=1S/C12H16N2O3S/c1-8(15)13-10-2-4-14(7-10)6-9-3-5-18-11(9)12(16)17/h3,5,10H,2,4,6-7H2,1H3,(H,13,15)(H,16,17). The van der Waals surface area contributed by atoms with Gasteiger partial charge in [-0.3, -0.25) is 9.69 Å². The number of hydrogen-bond acceptors (Lipinski definition) is 4. The number of rotatable bonds is 4. The molecule has 2 N–H and O–H groups in total. The first-order valence-corrected chi connectivity index (χ1v) is 6.73. The fourth-order valence-electron chi connectivity index (χ4n) is 2.27. The molecule has 1 unspecified atom stereocenters. The summed E-state index contributed by atoms with van der Waals surface area (Å²) < 4.78 is 0. The highest BCUT2D eigenvalue weighted by Gasteiger charge is 2.24. The number of thiophene rings is 1. The monoisotopic (exact) mass is 268 g/mol. The van der Waals surface area contributed by atoms with Crippen LogP contribution in [0.4, 0.5) is 0 Å². The predicted octanol–water partition coefficient (Wildman–Crippen LogP) is 1.16. The van der Waals surface area contributed by atoms with Crippen molar-refractivity contribution >= 4 is 23.2 Å². The second-order valence-electron chi connectivity index (χ2n) is 4.50. The highest BCUT2D eigenvalue weighted by atomic mass is 32.1. The van der Waals surface area contributed by atoms with E-state index in [4.69, 9.17) is 5.11 Å². The number of carboxylic acids is 1. The molecule has 0 saturated carbocycles. The second-order valence-corrected chi connectivity index (χ2v) is 5.42. The minimum atomic E-state index is -0.863. The highest BCUT2D eigenvalue weighted by molar-refractivity contribution is 7.12. The molecule has 1 aromatic heterocycles. The van der Waals surface area contributed by atoms with Gasteiger partial charge in [-0.1, -0.05) is 0 Å². The van der Waals surface area contributed by atoms with Crippen LogP contribution in [0.3, 0.4) is 0 Å². The van der Waals surface area contributed by atoms with Crippen molar-refractivity contribution in [3.05, 3.63) is 21.9 Å². The van der Waals surface area contributed by atoms with Crippen molar-refractivity contribution in [2.45, 2.75) is 25.9 Å². The summed E-state index contributed by atoms with van der Waals surface area (Å²) in [6.07, 6.45) is 0.923. The van der Waals surface area contributed by atoms with Crippen molar-refractivity contribution in [2.24, 2.45) is 0 Å². The van der Waals surface area contributed by atoms with Crippen LogP contribution in [0.25, 0.3) is 0 Å². The van der Waals surface area contributed by atoms with Crippen LogP contribution in [0.5, 0.6) is 0 Å². The Kier molecular flexibility index (Phi) is 3.98. The lowest BCUT2D eigenvalue weighted by molar-refractivity contribution is -0.119. The first-order chi connectivity index (χ1) is 8.56. The zero-order valence-corrected chi connectivity index (χ0v) is 11.0. The Labute approximate surface area is 109 Å². The Morgan fingerprint density at radius 1 is 1.61 bits per heavy atom. The Morgan fingerprint density at radius 2 is 2.39 bits per heavy atom. The van der Waals surface area contributed by atoms with E-state index in [-0.39, 0.29) is 11.9 Å². The summed E-state index contributed by atoms with van der Waals surface area (Å²) in [6.45, 7) is 3.83. The fraction of sp³-hybridized carbons (Fsp3) is 0.500. The molecular formula is C12H16N2O3S. The molecule has 1 aliphatic rings. The lowest BCUT2D eigenvalue weighted by Crippen LogP contribution is -2.35. The normalized spacial score (nSPS) is 19.9. The zero-order valence-electron chi connectivity index (χ0n) is 10.2. The molecular weight excluding hydrogens is 252 g/mol. The smallest absolute Gasteiger partial charge is 0.346 e. The summed E-state index contributed by atoms with van der Waals surface area (Å²) in [6, 6.07) is 2.05. The molecule has 0 radical (unpaired) electrons. The molecule has 1 amide bonds. The third-order valence-corrected chi connectivity index (χ3v) is 3.96. The maximum atomic E-state index is 11.0. The molecule has 1 atom stereocenters. The van der Waals surface area contributed by atoms with E-state index >= 15 is 0 Å². The first kappa shape index (κ1) is 13.0. The molecule has 18 heavy (non-hydrogen) atoms. The van der Waals surface area contributed by atoms with Crippen LogP contribution in [-0.4, -0.2) is 41.0 Å². The molecule has 5 nitrogen and oxygen atoms in total. The van der Waals surface area contributed by atoms with Crippen LogP contribution < -0.4 is 5.32 Å². The van der Waals surface area contributed by atoms with E-state index in [9.17, 15) is 9.59 Å². The number of hydrogen-bond donors (Lipinski definition) is 2. The van der Waals surface area contributed by atoms with Crippen molar-refractivity contribution in [2.75, 3.05) is 13.1 Å². The number of aromatic carboxylic acids is 1. The van der Waals surface area contributed by atoms with Gasteiger partial charge >= 0.3 is 5.97 Å². The Balaban J connectivity index is 1.93. The van der Waals surface area contributed by atoms with Gasteiger partial charge in [-0.15, -0.1) is 11.3 Å². The average Bonchev–Trinajstić information content (AvgIpc) is 2.87. The molecule has 2 rings (SSSR count). The zero-order chi connectivity index (χ0) is 13.1. The van der Waals surface area contributed by atoms with Crippen LogP contribution in [0, 0.1) is 0 Å². The van der Waals surface area contributed by atoms with Gasteiger partial charge < -0.3 is 10.4 Å². The largest absolute Gasteiger partial charge is 0.477 e. The second kappa shape index (κ2) is 5.49. The average molecular weight is 268 g/mol. The van der Waals surface area contributed by atoms with Crippen LogP contribution in [0.15, 0.2) is 11.4 Å². The molecule has 98 valence electrons. The highest BCUT2D eigenvalue weighted by Crippen LogP contribution is 2.21. The molecule has 1 saturated heterocycles. The van der Waals surface area contributed by atoms with E-state index in [0.29, 0.717) is 11.4 Å². The Hall–Kier alpha value is -1.40. The molecule has 1 aliphatic heterocycles. The van der Waals surface area contributed by atoms with Crippen molar-refractivity contribution in [1.29, 1.82) is 0 Å². The van der Waals surface area contributed by atoms with Crippen LogP contribution in [0.2, 0.25) is 0 Å². The van der Waals surface area contributed by atoms with Crippen molar-refractivity contribution in [1.82, 2.24) is 10.2 Å². The summed E-state index contributed by atoms with van der Waals surface area (Å²) in [4.78, 5) is 24.6. The molecule has 1 fully saturated rings. The summed E-state index contributed by atoms with van der Waals surface area (Å²) in [7, 11) is 0. The van der Waals surface area contributed by atoms with Gasteiger partial charge in [0.25, 0.3) is 0 Å². The molecule has 0 spiro atoms. The third kappa shape index (κ3) is 3.08. The SMILES string of the molecule is CC(=O)NC1CCN(Cc2ccsc2C(=O)O)C1. The molecule has 2 heterocycles. The van der Waals surface area contributed by atoms with Gasteiger partial charge in [0.1, 0.15) is 4.88 Å². The van der Waals surface area contributed by atoms with E-state index in [1.54, 1.807) is 5.38 Å².